The van der Waals surface area contributed by atoms with Crippen LogP contribution in [0, 0.1) is 0 Å². The van der Waals surface area contributed by atoms with E-state index < -0.39 is 0 Å². The molecule has 1 aromatic heterocycles. The first kappa shape index (κ1) is 17.2. The van der Waals surface area contributed by atoms with Gasteiger partial charge >= 0.3 is 6.03 Å². The molecule has 7 nitrogen and oxygen atoms in total. The van der Waals surface area contributed by atoms with Gasteiger partial charge in [-0.25, -0.2) is 4.79 Å². The van der Waals surface area contributed by atoms with Crippen LogP contribution in [0.5, 0.6) is 0 Å². The average molecular weight is 334 g/mol. The molecule has 134 valence electrons. The molecule has 1 N–H and O–H groups in total. The van der Waals surface area contributed by atoms with Crippen molar-refractivity contribution in [2.24, 2.45) is 0 Å². The second-order valence-electron chi connectivity index (χ2n) is 6.80. The van der Waals surface area contributed by atoms with Crippen LogP contribution in [-0.2, 0) is 13.1 Å². The summed E-state index contributed by atoms with van der Waals surface area (Å²) < 4.78 is 2.30. The van der Waals surface area contributed by atoms with Crippen LogP contribution in [0.1, 0.15) is 57.1 Å². The molecule has 0 aromatic carbocycles. The van der Waals surface area contributed by atoms with Crippen LogP contribution in [0.4, 0.5) is 4.79 Å². The third kappa shape index (κ3) is 3.71. The van der Waals surface area contributed by atoms with E-state index in [9.17, 15) is 4.79 Å². The largest absolute Gasteiger partial charge is 0.338 e. The number of aromatic nitrogens is 3. The second-order valence-corrected chi connectivity index (χ2v) is 6.80. The quantitative estimate of drug-likeness (QED) is 0.892. The summed E-state index contributed by atoms with van der Waals surface area (Å²) in [4.78, 5) is 16.3. The van der Waals surface area contributed by atoms with Crippen LogP contribution in [-0.4, -0.2) is 63.3 Å². The van der Waals surface area contributed by atoms with Crippen LogP contribution in [0.3, 0.4) is 0 Å². The van der Waals surface area contributed by atoms with E-state index in [0.29, 0.717) is 12.5 Å². The third-order valence-electron chi connectivity index (χ3n) is 5.21. The number of carbonyl (C=O) groups excluding carboxylic acids is 1. The van der Waals surface area contributed by atoms with E-state index in [4.69, 9.17) is 0 Å². The Hall–Kier alpha value is -1.63. The number of nitrogens with one attached hydrogen (secondary N) is 1. The van der Waals surface area contributed by atoms with Gasteiger partial charge in [-0.05, 0) is 52.6 Å². The van der Waals surface area contributed by atoms with Gasteiger partial charge in [0.25, 0.3) is 0 Å². The zero-order chi connectivity index (χ0) is 16.9. The molecular formula is C17H30N6O. The summed E-state index contributed by atoms with van der Waals surface area (Å²) in [5.41, 5.74) is 0. The molecule has 1 aromatic rings. The molecule has 0 bridgehead atoms. The van der Waals surface area contributed by atoms with Crippen molar-refractivity contribution in [1.82, 2.24) is 29.9 Å². The summed E-state index contributed by atoms with van der Waals surface area (Å²) in [6.45, 7) is 10.6. The zero-order valence-electron chi connectivity index (χ0n) is 15.0. The lowest BCUT2D eigenvalue weighted by Gasteiger charge is -2.31. The Bertz CT molecular complexity index is 543. The molecule has 0 saturated carbocycles. The molecule has 3 heterocycles. The van der Waals surface area contributed by atoms with E-state index in [-0.39, 0.29) is 6.03 Å². The molecular weight excluding hydrogens is 304 g/mol. The molecule has 0 spiro atoms. The van der Waals surface area contributed by atoms with Gasteiger partial charge in [0.2, 0.25) is 0 Å². The van der Waals surface area contributed by atoms with E-state index in [1.165, 1.54) is 25.9 Å². The number of carbonyl (C=O) groups is 1. The van der Waals surface area contributed by atoms with Gasteiger partial charge in [0, 0.05) is 32.1 Å². The lowest BCUT2D eigenvalue weighted by molar-refractivity contribution is 0.180. The van der Waals surface area contributed by atoms with Gasteiger partial charge in [-0.3, -0.25) is 4.90 Å². The minimum atomic E-state index is 0.0580. The van der Waals surface area contributed by atoms with Crippen molar-refractivity contribution in [2.75, 3.05) is 32.7 Å². The maximum atomic E-state index is 11.9. The number of hydrogen-bond donors (Lipinski definition) is 1. The third-order valence-corrected chi connectivity index (χ3v) is 5.21. The summed E-state index contributed by atoms with van der Waals surface area (Å²) in [5.74, 6) is 2.62. The first-order valence-corrected chi connectivity index (χ1v) is 9.40. The highest BCUT2D eigenvalue weighted by Gasteiger charge is 2.28. The minimum Gasteiger partial charge on any atom is -0.338 e. The topological polar surface area (TPSA) is 66.3 Å². The second kappa shape index (κ2) is 7.96. The van der Waals surface area contributed by atoms with Crippen LogP contribution >= 0.6 is 0 Å². The van der Waals surface area contributed by atoms with Gasteiger partial charge in [-0.15, -0.1) is 10.2 Å². The Balaban J connectivity index is 1.63. The first-order valence-electron chi connectivity index (χ1n) is 9.40. The van der Waals surface area contributed by atoms with Gasteiger partial charge in [-0.2, -0.15) is 0 Å². The smallest absolute Gasteiger partial charge is 0.317 e. The Morgan fingerprint density at radius 1 is 1.12 bits per heavy atom. The van der Waals surface area contributed by atoms with E-state index >= 15 is 0 Å². The molecule has 2 saturated heterocycles. The summed E-state index contributed by atoms with van der Waals surface area (Å²) in [6, 6.07) is 0.0580. The van der Waals surface area contributed by atoms with Gasteiger partial charge in [-0.1, -0.05) is 0 Å². The van der Waals surface area contributed by atoms with E-state index in [1.54, 1.807) is 0 Å². The van der Waals surface area contributed by atoms with Crippen molar-refractivity contribution >= 4 is 6.03 Å². The predicted octanol–water partition coefficient (Wildman–Crippen LogP) is 1.80. The molecule has 24 heavy (non-hydrogen) atoms. The predicted molar refractivity (Wildman–Crippen MR) is 92.8 cm³/mol. The fraction of sp³-hybridized carbons (Fsp3) is 0.824. The average Bonchev–Trinajstić information content (AvgIpc) is 3.25. The fourth-order valence-corrected chi connectivity index (χ4v) is 3.86. The van der Waals surface area contributed by atoms with Crippen LogP contribution in [0.15, 0.2) is 0 Å². The van der Waals surface area contributed by atoms with Crippen molar-refractivity contribution in [3.05, 3.63) is 11.6 Å². The van der Waals surface area contributed by atoms with Gasteiger partial charge in [0.15, 0.2) is 0 Å². The zero-order valence-corrected chi connectivity index (χ0v) is 15.0. The molecule has 7 heteroatoms. The van der Waals surface area contributed by atoms with Crippen molar-refractivity contribution in [3.63, 3.8) is 0 Å². The standard InChI is InChI=1S/C17H30N6O/c1-3-18-17(24)22-11-7-14(8-12-22)16-20-19-15(23(16)4-2)13-21-9-5-6-10-21/h14H,3-13H2,1-2H3,(H,18,24). The summed E-state index contributed by atoms with van der Waals surface area (Å²) in [7, 11) is 0. The maximum Gasteiger partial charge on any atom is 0.317 e. The van der Waals surface area contributed by atoms with Gasteiger partial charge in [0.05, 0.1) is 6.54 Å². The normalized spacial score (nSPS) is 19.8. The molecule has 2 fully saturated rings. The number of hydrogen-bond acceptors (Lipinski definition) is 4. The Morgan fingerprint density at radius 3 is 2.46 bits per heavy atom. The van der Waals surface area contributed by atoms with Crippen LogP contribution < -0.4 is 5.32 Å². The number of piperidine rings is 1. The summed E-state index contributed by atoms with van der Waals surface area (Å²) in [5, 5.41) is 11.9. The fourth-order valence-electron chi connectivity index (χ4n) is 3.86. The number of rotatable bonds is 5. The summed E-state index contributed by atoms with van der Waals surface area (Å²) in [6.07, 6.45) is 4.54. The molecule has 2 aliphatic heterocycles. The van der Waals surface area contributed by atoms with Crippen molar-refractivity contribution < 1.29 is 4.79 Å². The molecule has 0 atom stereocenters. The Labute approximate surface area is 144 Å². The van der Waals surface area contributed by atoms with Crippen molar-refractivity contribution in [3.8, 4) is 0 Å². The van der Waals surface area contributed by atoms with Gasteiger partial charge < -0.3 is 14.8 Å². The molecule has 2 amide bonds. The van der Waals surface area contributed by atoms with Crippen LogP contribution in [0.2, 0.25) is 0 Å². The number of likely N-dealkylation sites (tertiary alicyclic amines) is 2. The molecule has 0 radical (unpaired) electrons. The lowest BCUT2D eigenvalue weighted by atomic mass is 9.96. The monoisotopic (exact) mass is 334 g/mol. The van der Waals surface area contributed by atoms with Crippen molar-refractivity contribution in [1.29, 1.82) is 0 Å². The van der Waals surface area contributed by atoms with Gasteiger partial charge in [0.1, 0.15) is 11.6 Å². The number of nitrogens with zero attached hydrogens (tertiary/aromatic N) is 5. The highest BCUT2D eigenvalue weighted by atomic mass is 16.2. The maximum absolute atomic E-state index is 11.9. The lowest BCUT2D eigenvalue weighted by Crippen LogP contribution is -2.44. The Morgan fingerprint density at radius 2 is 1.83 bits per heavy atom. The molecule has 3 rings (SSSR count). The van der Waals surface area contributed by atoms with E-state index in [2.05, 4.69) is 31.9 Å². The minimum absolute atomic E-state index is 0.0580. The summed E-state index contributed by atoms with van der Waals surface area (Å²) >= 11 is 0. The SMILES string of the molecule is CCNC(=O)N1CCC(c2nnc(CN3CCCC3)n2CC)CC1. The molecule has 2 aliphatic rings. The highest BCUT2D eigenvalue weighted by molar-refractivity contribution is 5.74. The van der Waals surface area contributed by atoms with Crippen LogP contribution in [0.25, 0.3) is 0 Å². The van der Waals surface area contributed by atoms with Crippen molar-refractivity contribution in [2.45, 2.75) is 58.5 Å². The Kier molecular flexibility index (Phi) is 5.71. The highest BCUT2D eigenvalue weighted by Crippen LogP contribution is 2.27. The molecule has 0 unspecified atom stereocenters. The van der Waals surface area contributed by atoms with E-state index in [1.807, 2.05) is 11.8 Å². The first-order chi connectivity index (χ1) is 11.7. The van der Waals surface area contributed by atoms with E-state index in [0.717, 1.165) is 50.7 Å². The number of amides is 2. The molecule has 0 aliphatic carbocycles. The number of urea groups is 1.